The normalized spacial score (nSPS) is 18.8. The van der Waals surface area contributed by atoms with Crippen LogP contribution in [0.2, 0.25) is 0 Å². The number of carbonyl (C=O) groups is 2. The highest BCUT2D eigenvalue weighted by Crippen LogP contribution is 2.39. The molecule has 0 spiro atoms. The van der Waals surface area contributed by atoms with Crippen LogP contribution in [0.15, 0.2) is 18.6 Å². The minimum absolute atomic E-state index is 0.0683. The first-order valence-corrected chi connectivity index (χ1v) is 11.5. The van der Waals surface area contributed by atoms with Gasteiger partial charge in [-0.1, -0.05) is 6.92 Å². The third-order valence-electron chi connectivity index (χ3n) is 5.97. The van der Waals surface area contributed by atoms with Crippen LogP contribution in [0, 0.1) is 17.2 Å². The molecule has 0 aromatic carbocycles. The Balaban J connectivity index is 1.26. The molecule has 162 valence electrons. The number of aromatic nitrogens is 2. The van der Waals surface area contributed by atoms with Gasteiger partial charge < -0.3 is 10.2 Å². The fourth-order valence-corrected chi connectivity index (χ4v) is 5.53. The van der Waals surface area contributed by atoms with Gasteiger partial charge in [0.25, 0.3) is 5.91 Å². The van der Waals surface area contributed by atoms with Crippen molar-refractivity contribution in [1.82, 2.24) is 19.8 Å². The van der Waals surface area contributed by atoms with E-state index in [1.807, 2.05) is 0 Å². The topological polar surface area (TPSA) is 102 Å². The number of thiophene rings is 1. The van der Waals surface area contributed by atoms with Crippen molar-refractivity contribution in [3.63, 3.8) is 0 Å². The number of nitrogens with zero attached hydrogens (tertiary/aromatic N) is 5. The maximum Gasteiger partial charge on any atom is 0.274 e. The molecule has 0 radical (unpaired) electrons. The molecule has 1 fully saturated rings. The lowest BCUT2D eigenvalue weighted by Gasteiger charge is -2.34. The molecule has 1 N–H and O–H groups in total. The van der Waals surface area contributed by atoms with Crippen LogP contribution in [0.3, 0.4) is 0 Å². The molecule has 1 aliphatic heterocycles. The summed E-state index contributed by atoms with van der Waals surface area (Å²) in [6.45, 7) is 5.50. The summed E-state index contributed by atoms with van der Waals surface area (Å²) in [5, 5.41) is 13.3. The van der Waals surface area contributed by atoms with Crippen molar-refractivity contribution < 1.29 is 9.59 Å². The Kier molecular flexibility index (Phi) is 6.59. The average molecular weight is 439 g/mol. The van der Waals surface area contributed by atoms with E-state index in [0.717, 1.165) is 24.8 Å². The zero-order valence-corrected chi connectivity index (χ0v) is 18.5. The number of anilines is 1. The molecule has 31 heavy (non-hydrogen) atoms. The highest BCUT2D eigenvalue weighted by Gasteiger charge is 2.26. The molecule has 9 heteroatoms. The van der Waals surface area contributed by atoms with E-state index in [1.165, 1.54) is 17.3 Å². The number of piperazine rings is 1. The summed E-state index contributed by atoms with van der Waals surface area (Å²) in [5.74, 6) is 0.451. The molecule has 2 aliphatic rings. The van der Waals surface area contributed by atoms with E-state index in [2.05, 4.69) is 33.2 Å². The number of rotatable bonds is 5. The highest BCUT2D eigenvalue weighted by molar-refractivity contribution is 7.16. The van der Waals surface area contributed by atoms with Gasteiger partial charge in [0.15, 0.2) is 0 Å². The maximum atomic E-state index is 12.5. The molecule has 8 nitrogen and oxygen atoms in total. The quantitative estimate of drug-likeness (QED) is 0.769. The molecule has 2 aromatic heterocycles. The van der Waals surface area contributed by atoms with Gasteiger partial charge in [0.1, 0.15) is 16.8 Å². The summed E-state index contributed by atoms with van der Waals surface area (Å²) in [4.78, 5) is 38.2. The molecular weight excluding hydrogens is 412 g/mol. The van der Waals surface area contributed by atoms with Crippen molar-refractivity contribution in [3.8, 4) is 6.07 Å². The zero-order chi connectivity index (χ0) is 21.8. The largest absolute Gasteiger partial charge is 0.335 e. The maximum absolute atomic E-state index is 12.5. The molecule has 1 atom stereocenters. The third kappa shape index (κ3) is 4.92. The van der Waals surface area contributed by atoms with Crippen LogP contribution >= 0.6 is 11.3 Å². The predicted molar refractivity (Wildman–Crippen MR) is 118 cm³/mol. The van der Waals surface area contributed by atoms with Crippen molar-refractivity contribution in [1.29, 1.82) is 5.26 Å². The minimum Gasteiger partial charge on any atom is -0.335 e. The number of nitrogens with one attached hydrogen (secondary N) is 1. The molecule has 1 aliphatic carbocycles. The van der Waals surface area contributed by atoms with Gasteiger partial charge in [-0.15, -0.1) is 11.3 Å². The van der Waals surface area contributed by atoms with Crippen molar-refractivity contribution >= 4 is 28.2 Å². The van der Waals surface area contributed by atoms with Crippen molar-refractivity contribution in [3.05, 3.63) is 40.3 Å². The van der Waals surface area contributed by atoms with E-state index in [-0.39, 0.29) is 11.8 Å². The molecule has 2 aromatic rings. The van der Waals surface area contributed by atoms with Crippen LogP contribution in [0.25, 0.3) is 0 Å². The molecule has 0 saturated carbocycles. The number of fused-ring (bicyclic) bond motifs is 1. The Morgan fingerprint density at radius 1 is 1.29 bits per heavy atom. The summed E-state index contributed by atoms with van der Waals surface area (Å²) >= 11 is 1.56. The van der Waals surface area contributed by atoms with Crippen LogP contribution in [-0.2, 0) is 17.6 Å². The molecule has 3 heterocycles. The second kappa shape index (κ2) is 9.54. The van der Waals surface area contributed by atoms with E-state index >= 15 is 0 Å². The standard InChI is InChI=1S/C22H26N6O2S/c1-15-2-3-16-17(13-23)21(31-19(16)12-15)26-20(29)4-7-27-8-10-28(11-9-27)22(30)18-14-24-5-6-25-18/h5-6,14-15H,2-4,7-12H2,1H3,(H,26,29). The lowest BCUT2D eigenvalue weighted by atomic mass is 9.89. The van der Waals surface area contributed by atoms with Gasteiger partial charge in [0.2, 0.25) is 5.91 Å². The van der Waals surface area contributed by atoms with Crippen molar-refractivity contribution in [2.24, 2.45) is 5.92 Å². The summed E-state index contributed by atoms with van der Waals surface area (Å²) in [7, 11) is 0. The smallest absolute Gasteiger partial charge is 0.274 e. The van der Waals surface area contributed by atoms with Crippen LogP contribution in [0.5, 0.6) is 0 Å². The average Bonchev–Trinajstić information content (AvgIpc) is 3.13. The second-order valence-electron chi connectivity index (χ2n) is 8.19. The number of amides is 2. The SMILES string of the molecule is CC1CCc2c(sc(NC(=O)CCN3CCN(C(=O)c4cnccn4)CC3)c2C#N)C1. The zero-order valence-electron chi connectivity index (χ0n) is 17.6. The monoisotopic (exact) mass is 438 g/mol. The molecule has 1 saturated heterocycles. The first-order chi connectivity index (χ1) is 15.0. The first-order valence-electron chi connectivity index (χ1n) is 10.7. The van der Waals surface area contributed by atoms with Gasteiger partial charge in [-0.25, -0.2) is 4.98 Å². The minimum atomic E-state index is -0.106. The van der Waals surface area contributed by atoms with E-state index in [0.29, 0.717) is 61.3 Å². The summed E-state index contributed by atoms with van der Waals surface area (Å²) in [6, 6.07) is 2.30. The summed E-state index contributed by atoms with van der Waals surface area (Å²) < 4.78 is 0. The molecule has 1 unspecified atom stereocenters. The van der Waals surface area contributed by atoms with Gasteiger partial charge in [-0.2, -0.15) is 5.26 Å². The molecule has 4 rings (SSSR count). The van der Waals surface area contributed by atoms with E-state index < -0.39 is 0 Å². The fourth-order valence-electron chi connectivity index (χ4n) is 4.15. The lowest BCUT2D eigenvalue weighted by molar-refractivity contribution is -0.116. The number of carbonyl (C=O) groups excluding carboxylic acids is 2. The summed E-state index contributed by atoms with van der Waals surface area (Å²) in [6.07, 6.45) is 7.91. The Morgan fingerprint density at radius 2 is 2.10 bits per heavy atom. The fraction of sp³-hybridized carbons (Fsp3) is 0.500. The lowest BCUT2D eigenvalue weighted by Crippen LogP contribution is -2.49. The van der Waals surface area contributed by atoms with Gasteiger partial charge in [-0.3, -0.25) is 19.5 Å². The van der Waals surface area contributed by atoms with Crippen molar-refractivity contribution in [2.75, 3.05) is 38.0 Å². The molecular formula is C22H26N6O2S. The van der Waals surface area contributed by atoms with Crippen molar-refractivity contribution in [2.45, 2.75) is 32.6 Å². The second-order valence-corrected chi connectivity index (χ2v) is 9.30. The number of nitriles is 1. The van der Waals surface area contributed by atoms with E-state index in [9.17, 15) is 14.9 Å². The Labute approximate surface area is 185 Å². The first kappa shape index (κ1) is 21.4. The van der Waals surface area contributed by atoms with Crippen LogP contribution < -0.4 is 5.32 Å². The van der Waals surface area contributed by atoms with Gasteiger partial charge in [0.05, 0.1) is 11.8 Å². The third-order valence-corrected chi connectivity index (χ3v) is 7.14. The number of hydrogen-bond donors (Lipinski definition) is 1. The van der Waals surface area contributed by atoms with Gasteiger partial charge >= 0.3 is 0 Å². The van der Waals surface area contributed by atoms with Crippen LogP contribution in [-0.4, -0.2) is 64.3 Å². The van der Waals surface area contributed by atoms with Crippen LogP contribution in [0.4, 0.5) is 5.00 Å². The Hall–Kier alpha value is -2.83. The highest BCUT2D eigenvalue weighted by atomic mass is 32.1. The summed E-state index contributed by atoms with van der Waals surface area (Å²) in [5.41, 5.74) is 2.14. The predicted octanol–water partition coefficient (Wildman–Crippen LogP) is 2.32. The molecule has 2 amide bonds. The van der Waals surface area contributed by atoms with E-state index in [4.69, 9.17) is 0 Å². The van der Waals surface area contributed by atoms with Crippen LogP contribution in [0.1, 0.15) is 46.3 Å². The Bertz CT molecular complexity index is 991. The number of hydrogen-bond acceptors (Lipinski definition) is 7. The molecule has 0 bridgehead atoms. The Morgan fingerprint density at radius 3 is 2.81 bits per heavy atom. The van der Waals surface area contributed by atoms with E-state index in [1.54, 1.807) is 22.4 Å². The van der Waals surface area contributed by atoms with Gasteiger partial charge in [0, 0.05) is 56.4 Å². The van der Waals surface area contributed by atoms with Gasteiger partial charge in [-0.05, 0) is 30.7 Å².